The van der Waals surface area contributed by atoms with E-state index in [-0.39, 0.29) is 0 Å². The van der Waals surface area contributed by atoms with Crippen molar-refractivity contribution in [2.75, 3.05) is 0 Å². The van der Waals surface area contributed by atoms with Crippen molar-refractivity contribution in [3.05, 3.63) is 35.4 Å². The molecular formula is C14H18Se2. The van der Waals surface area contributed by atoms with Crippen LogP contribution >= 0.6 is 0 Å². The van der Waals surface area contributed by atoms with Gasteiger partial charge in [-0.15, -0.1) is 0 Å². The fourth-order valence-corrected chi connectivity index (χ4v) is 9.25. The Labute approximate surface area is 111 Å². The van der Waals surface area contributed by atoms with Crippen molar-refractivity contribution in [1.29, 1.82) is 0 Å². The summed E-state index contributed by atoms with van der Waals surface area (Å²) in [4.78, 5) is 0. The SMILES string of the molecule is c1ccc2c(c1)C[Se]CC1(CCC1)C[Se]C2. The Morgan fingerprint density at radius 1 is 0.875 bits per heavy atom. The van der Waals surface area contributed by atoms with Gasteiger partial charge >= 0.3 is 111 Å². The molecule has 2 heteroatoms. The molecule has 0 bridgehead atoms. The quantitative estimate of drug-likeness (QED) is 0.635. The van der Waals surface area contributed by atoms with Crippen molar-refractivity contribution < 1.29 is 0 Å². The Bertz CT molecular complexity index is 338. The van der Waals surface area contributed by atoms with Gasteiger partial charge < -0.3 is 0 Å². The van der Waals surface area contributed by atoms with Crippen LogP contribution in [0.15, 0.2) is 24.3 Å². The molecule has 1 aromatic carbocycles. The van der Waals surface area contributed by atoms with E-state index in [9.17, 15) is 0 Å². The summed E-state index contributed by atoms with van der Waals surface area (Å²) in [7, 11) is 0. The van der Waals surface area contributed by atoms with E-state index in [1.165, 1.54) is 17.1 Å². The van der Waals surface area contributed by atoms with E-state index < -0.39 is 0 Å². The second-order valence-corrected chi connectivity index (χ2v) is 9.24. The molecule has 16 heavy (non-hydrogen) atoms. The number of rotatable bonds is 0. The third-order valence-corrected chi connectivity index (χ3v) is 9.45. The zero-order chi connectivity index (χ0) is 10.8. The molecule has 0 nitrogen and oxygen atoms in total. The van der Waals surface area contributed by atoms with Crippen LogP contribution < -0.4 is 0 Å². The molecule has 0 N–H and O–H groups in total. The first-order chi connectivity index (χ1) is 7.88. The first-order valence-corrected chi connectivity index (χ1v) is 10.9. The van der Waals surface area contributed by atoms with Crippen LogP contribution in [-0.4, -0.2) is 29.9 Å². The number of fused-ring (bicyclic) bond motifs is 1. The first-order valence-electron chi connectivity index (χ1n) is 6.10. The van der Waals surface area contributed by atoms with Gasteiger partial charge in [0.05, 0.1) is 0 Å². The van der Waals surface area contributed by atoms with Gasteiger partial charge in [-0.05, 0) is 0 Å². The van der Waals surface area contributed by atoms with Crippen molar-refractivity contribution in [2.45, 2.75) is 40.5 Å². The summed E-state index contributed by atoms with van der Waals surface area (Å²) < 4.78 is 0. The molecule has 1 fully saturated rings. The van der Waals surface area contributed by atoms with E-state index in [0.29, 0.717) is 0 Å². The molecule has 3 rings (SSSR count). The predicted octanol–water partition coefficient (Wildman–Crippen LogP) is 3.12. The normalized spacial score (nSPS) is 23.8. The van der Waals surface area contributed by atoms with E-state index in [1.54, 1.807) is 34.6 Å². The third-order valence-electron chi connectivity index (χ3n) is 3.86. The van der Waals surface area contributed by atoms with Crippen molar-refractivity contribution in [1.82, 2.24) is 0 Å². The van der Waals surface area contributed by atoms with Crippen LogP contribution in [0.25, 0.3) is 0 Å². The molecule has 0 radical (unpaired) electrons. The zero-order valence-corrected chi connectivity index (χ0v) is 13.0. The van der Waals surface area contributed by atoms with Crippen LogP contribution in [0.3, 0.4) is 0 Å². The van der Waals surface area contributed by atoms with Crippen LogP contribution in [0.2, 0.25) is 10.6 Å². The van der Waals surface area contributed by atoms with Gasteiger partial charge in [-0.25, -0.2) is 0 Å². The monoisotopic (exact) mass is 346 g/mol. The Hall–Kier alpha value is 0.259. The molecule has 0 amide bonds. The van der Waals surface area contributed by atoms with Crippen molar-refractivity contribution in [2.24, 2.45) is 5.41 Å². The van der Waals surface area contributed by atoms with Crippen LogP contribution in [0.4, 0.5) is 0 Å². The zero-order valence-electron chi connectivity index (χ0n) is 9.58. The van der Waals surface area contributed by atoms with Crippen molar-refractivity contribution in [3.63, 3.8) is 0 Å². The van der Waals surface area contributed by atoms with Crippen LogP contribution in [0.5, 0.6) is 0 Å². The summed E-state index contributed by atoms with van der Waals surface area (Å²) in [6, 6.07) is 9.18. The van der Waals surface area contributed by atoms with Gasteiger partial charge in [0.1, 0.15) is 0 Å². The molecule has 2 aliphatic rings. The van der Waals surface area contributed by atoms with Gasteiger partial charge in [0.2, 0.25) is 0 Å². The summed E-state index contributed by atoms with van der Waals surface area (Å²) >= 11 is 1.72. The van der Waals surface area contributed by atoms with E-state index in [0.717, 1.165) is 35.3 Å². The molecule has 1 aliphatic carbocycles. The maximum atomic E-state index is 2.37. The summed E-state index contributed by atoms with van der Waals surface area (Å²) in [6.45, 7) is 0. The topological polar surface area (TPSA) is 0 Å². The molecule has 1 saturated carbocycles. The average molecular weight is 344 g/mol. The number of benzene rings is 1. The molecule has 86 valence electrons. The van der Waals surface area contributed by atoms with E-state index in [2.05, 4.69) is 24.3 Å². The molecule has 1 aliphatic heterocycles. The first kappa shape index (κ1) is 11.4. The molecule has 1 heterocycles. The fraction of sp³-hybridized carbons (Fsp3) is 0.571. The van der Waals surface area contributed by atoms with Crippen LogP contribution in [0.1, 0.15) is 30.4 Å². The van der Waals surface area contributed by atoms with E-state index in [1.807, 2.05) is 0 Å². The van der Waals surface area contributed by atoms with Crippen molar-refractivity contribution in [3.8, 4) is 0 Å². The van der Waals surface area contributed by atoms with Gasteiger partial charge in [0.15, 0.2) is 0 Å². The average Bonchev–Trinajstić information content (AvgIpc) is 2.35. The van der Waals surface area contributed by atoms with E-state index >= 15 is 0 Å². The Morgan fingerprint density at radius 3 is 1.88 bits per heavy atom. The van der Waals surface area contributed by atoms with Gasteiger partial charge in [-0.2, -0.15) is 0 Å². The second-order valence-electron chi connectivity index (χ2n) is 5.11. The molecule has 0 unspecified atom stereocenters. The molecule has 0 atom stereocenters. The summed E-state index contributed by atoms with van der Waals surface area (Å²) in [5.41, 5.74) is 4.17. The van der Waals surface area contributed by atoms with Crippen LogP contribution in [0, 0.1) is 5.41 Å². The summed E-state index contributed by atoms with van der Waals surface area (Å²) in [5, 5.41) is 5.91. The van der Waals surface area contributed by atoms with E-state index in [4.69, 9.17) is 0 Å². The molecule has 1 aromatic rings. The summed E-state index contributed by atoms with van der Waals surface area (Å²) in [5.74, 6) is 0. The molecule has 0 saturated heterocycles. The Kier molecular flexibility index (Phi) is 3.45. The Balaban J connectivity index is 1.76. The fourth-order valence-electron chi connectivity index (χ4n) is 2.60. The van der Waals surface area contributed by atoms with Gasteiger partial charge in [-0.1, -0.05) is 0 Å². The minimum atomic E-state index is 0.835. The maximum absolute atomic E-state index is 2.37. The third kappa shape index (κ3) is 2.27. The van der Waals surface area contributed by atoms with Gasteiger partial charge in [0.25, 0.3) is 0 Å². The molecule has 1 spiro atoms. The summed E-state index contributed by atoms with van der Waals surface area (Å²) in [6.07, 6.45) is 4.61. The van der Waals surface area contributed by atoms with Crippen molar-refractivity contribution >= 4 is 29.9 Å². The second kappa shape index (κ2) is 4.86. The predicted molar refractivity (Wildman–Crippen MR) is 71.3 cm³/mol. The number of hydrogen-bond acceptors (Lipinski definition) is 0. The van der Waals surface area contributed by atoms with Gasteiger partial charge in [0, 0.05) is 0 Å². The van der Waals surface area contributed by atoms with Gasteiger partial charge in [-0.3, -0.25) is 0 Å². The van der Waals surface area contributed by atoms with Crippen LogP contribution in [-0.2, 0) is 10.6 Å². The number of hydrogen-bond donors (Lipinski definition) is 0. The standard InChI is InChI=1S/C14H18Se2/c1-2-5-13-9-16-11-14(6-3-7-14)10-15-8-12(13)4-1/h1-2,4-5H,3,6-11H2. The Morgan fingerprint density at radius 2 is 1.44 bits per heavy atom. The molecule has 0 aromatic heterocycles. The molecular weight excluding hydrogens is 326 g/mol. The minimum absolute atomic E-state index is 0.835.